The van der Waals surface area contributed by atoms with Gasteiger partial charge in [-0.1, -0.05) is 60.7 Å². The molecule has 36 heavy (non-hydrogen) atoms. The van der Waals surface area contributed by atoms with Gasteiger partial charge in [0.1, 0.15) is 0 Å². The van der Waals surface area contributed by atoms with Gasteiger partial charge in [0.15, 0.2) is 0 Å². The second-order valence-electron chi connectivity index (χ2n) is 8.46. The van der Waals surface area contributed by atoms with E-state index in [1.54, 1.807) is 22.7 Å². The molecule has 8 heteroatoms. The van der Waals surface area contributed by atoms with Gasteiger partial charge in [0.25, 0.3) is 11.9 Å². The van der Waals surface area contributed by atoms with Crippen molar-refractivity contribution in [3.8, 4) is 22.3 Å². The molecule has 2 N–H and O–H groups in total. The summed E-state index contributed by atoms with van der Waals surface area (Å²) in [6.45, 7) is 7.77. The molecule has 0 aliphatic carbocycles. The summed E-state index contributed by atoms with van der Waals surface area (Å²) in [7, 11) is 0. The summed E-state index contributed by atoms with van der Waals surface area (Å²) in [6.07, 6.45) is 0. The average molecular weight is 536 g/mol. The van der Waals surface area contributed by atoms with Crippen LogP contribution >= 0.6 is 22.7 Å². The first kappa shape index (κ1) is 27.9. The van der Waals surface area contributed by atoms with E-state index in [2.05, 4.69) is 10.8 Å². The maximum Gasteiger partial charge on any atom is 0.885 e. The molecule has 0 aliphatic rings. The lowest BCUT2D eigenvalue weighted by Crippen LogP contribution is -2.22. The molecular weight excluding hydrogens is 507 g/mol. The van der Waals surface area contributed by atoms with Crippen molar-refractivity contribution in [3.63, 3.8) is 0 Å². The van der Waals surface area contributed by atoms with E-state index in [0.29, 0.717) is 0 Å². The standard InChI is InChI=1S/2C14H14O2S.Al.H2O/c2*1-9-8-17-13(10(2)14(15)16)12(9)11-6-4-3-5-7-11;;/h2*3-8,10H,1-2H3,(H,15,16);;1H2/q;;+2;/p-2. The molecule has 0 saturated carbocycles. The van der Waals surface area contributed by atoms with E-state index in [1.807, 2.05) is 88.4 Å². The molecule has 1 radical (unpaired) electrons. The van der Waals surface area contributed by atoms with Gasteiger partial charge in [-0.25, -0.2) is 0 Å². The molecule has 2 unspecified atom stereocenters. The fourth-order valence-electron chi connectivity index (χ4n) is 4.05. The molecular formula is C28H28AlO5S2. The van der Waals surface area contributed by atoms with Crippen LogP contribution in [0, 0.1) is 13.8 Å². The van der Waals surface area contributed by atoms with Crippen molar-refractivity contribution in [2.45, 2.75) is 39.5 Å². The van der Waals surface area contributed by atoms with E-state index in [0.717, 1.165) is 43.1 Å². The number of rotatable bonds is 8. The Morgan fingerprint density at radius 2 is 1.06 bits per heavy atom. The molecule has 0 bridgehead atoms. The van der Waals surface area contributed by atoms with Crippen LogP contribution in [-0.2, 0) is 17.2 Å². The lowest BCUT2D eigenvalue weighted by Gasteiger charge is -2.16. The van der Waals surface area contributed by atoms with E-state index >= 15 is 0 Å². The zero-order valence-corrected chi connectivity index (χ0v) is 23.4. The van der Waals surface area contributed by atoms with Gasteiger partial charge in [-0.2, -0.15) is 0 Å². The summed E-state index contributed by atoms with van der Waals surface area (Å²) in [5, 5.41) is 4.12. The summed E-state index contributed by atoms with van der Waals surface area (Å²) in [6, 6.07) is 20.1. The highest BCUT2D eigenvalue weighted by Gasteiger charge is 2.28. The molecule has 0 spiro atoms. The summed E-state index contributed by atoms with van der Waals surface area (Å²) in [4.78, 5) is 27.5. The third-order valence-electron chi connectivity index (χ3n) is 5.95. The number of benzene rings is 2. The number of thiophene rings is 2. The van der Waals surface area contributed by atoms with Crippen LogP contribution in [0.4, 0.5) is 0 Å². The normalized spacial score (nSPS) is 12.2. The molecule has 0 aliphatic heterocycles. The Labute approximate surface area is 226 Å². The monoisotopic (exact) mass is 535 g/mol. The summed E-state index contributed by atoms with van der Waals surface area (Å²) in [5.41, 5.74) is 6.56. The third kappa shape index (κ3) is 5.97. The molecule has 0 saturated heterocycles. The first-order valence-electron chi connectivity index (χ1n) is 11.4. The Kier molecular flexibility index (Phi) is 9.66. The van der Waals surface area contributed by atoms with Crippen molar-refractivity contribution in [2.75, 3.05) is 0 Å². The Morgan fingerprint density at radius 1 is 0.694 bits per heavy atom. The fraction of sp³-hybridized carbons (Fsp3) is 0.214. The Morgan fingerprint density at radius 3 is 1.42 bits per heavy atom. The van der Waals surface area contributed by atoms with Crippen LogP contribution in [0.5, 0.6) is 0 Å². The van der Waals surface area contributed by atoms with Crippen molar-refractivity contribution >= 4 is 50.5 Å². The highest BCUT2D eigenvalue weighted by Crippen LogP contribution is 2.39. The summed E-state index contributed by atoms with van der Waals surface area (Å²) < 4.78 is 10.9. The Hall–Kier alpha value is -2.73. The SMILES string of the molecule is Cc1csc(C(C)C(=O)[O][Al][O]C(=O)C(C)c2scc(C)c2-c2ccccc2)c1-c1ccccc1.O. The number of carbonyl (C=O) groups excluding carboxylic acids is 2. The number of aryl methyl sites for hydroxylation is 2. The minimum absolute atomic E-state index is 0. The third-order valence-corrected chi connectivity index (χ3v) is 9.18. The first-order valence-corrected chi connectivity index (χ1v) is 14.1. The van der Waals surface area contributed by atoms with E-state index in [-0.39, 0.29) is 17.4 Å². The molecule has 2 aromatic carbocycles. The zero-order chi connectivity index (χ0) is 24.9. The van der Waals surface area contributed by atoms with Gasteiger partial charge >= 0.3 is 15.9 Å². The minimum atomic E-state index is -1.24. The maximum atomic E-state index is 12.8. The minimum Gasteiger partial charge on any atom is -0.589 e. The van der Waals surface area contributed by atoms with Gasteiger partial charge in [-0.05, 0) is 71.8 Å². The van der Waals surface area contributed by atoms with Gasteiger partial charge < -0.3 is 13.1 Å². The molecule has 2 atom stereocenters. The smallest absolute Gasteiger partial charge is 0.589 e. The fourth-order valence-corrected chi connectivity index (χ4v) is 6.94. The van der Waals surface area contributed by atoms with Crippen LogP contribution in [-0.4, -0.2) is 33.3 Å². The second-order valence-corrected chi connectivity index (χ2v) is 10.9. The van der Waals surface area contributed by atoms with Crippen molar-refractivity contribution < 1.29 is 22.6 Å². The van der Waals surface area contributed by atoms with E-state index in [4.69, 9.17) is 7.58 Å². The molecule has 185 valence electrons. The van der Waals surface area contributed by atoms with Crippen molar-refractivity contribution in [1.82, 2.24) is 0 Å². The topological polar surface area (TPSA) is 84.1 Å². The van der Waals surface area contributed by atoms with Crippen molar-refractivity contribution in [3.05, 3.63) is 92.3 Å². The molecule has 2 aromatic heterocycles. The lowest BCUT2D eigenvalue weighted by atomic mass is 9.97. The van der Waals surface area contributed by atoms with Crippen molar-refractivity contribution in [2.24, 2.45) is 0 Å². The van der Waals surface area contributed by atoms with Crippen LogP contribution in [0.1, 0.15) is 46.6 Å². The van der Waals surface area contributed by atoms with E-state index < -0.39 is 27.7 Å². The molecule has 0 fully saturated rings. The van der Waals surface area contributed by atoms with Crippen LogP contribution in [0.15, 0.2) is 71.4 Å². The molecule has 4 aromatic rings. The second kappa shape index (κ2) is 12.5. The quantitative estimate of drug-likeness (QED) is 0.242. The predicted octanol–water partition coefficient (Wildman–Crippen LogP) is 6.46. The number of hydrogen-bond donors (Lipinski definition) is 0. The Bertz CT molecular complexity index is 1210. The number of hydrogen-bond acceptors (Lipinski definition) is 6. The molecule has 5 nitrogen and oxygen atoms in total. The molecule has 4 rings (SSSR count). The van der Waals surface area contributed by atoms with Gasteiger partial charge in [0, 0.05) is 9.75 Å². The summed E-state index contributed by atoms with van der Waals surface area (Å²) >= 11 is 1.86. The van der Waals surface area contributed by atoms with Crippen LogP contribution in [0.3, 0.4) is 0 Å². The maximum absolute atomic E-state index is 12.8. The number of carbonyl (C=O) groups is 2. The van der Waals surface area contributed by atoms with Crippen LogP contribution < -0.4 is 0 Å². The largest absolute Gasteiger partial charge is 0.885 e. The summed E-state index contributed by atoms with van der Waals surface area (Å²) in [5.74, 6) is -1.65. The van der Waals surface area contributed by atoms with E-state index in [1.165, 1.54) is 0 Å². The molecule has 2 heterocycles. The van der Waals surface area contributed by atoms with Crippen molar-refractivity contribution in [1.29, 1.82) is 0 Å². The van der Waals surface area contributed by atoms with Crippen LogP contribution in [0.25, 0.3) is 22.3 Å². The zero-order valence-electron chi connectivity index (χ0n) is 20.6. The molecule has 0 amide bonds. The average Bonchev–Trinajstić information content (AvgIpc) is 3.46. The Balaban J connectivity index is 0.00000361. The van der Waals surface area contributed by atoms with Gasteiger partial charge in [-0.3, -0.25) is 9.59 Å². The van der Waals surface area contributed by atoms with E-state index in [9.17, 15) is 9.59 Å². The van der Waals surface area contributed by atoms with Gasteiger partial charge in [-0.15, -0.1) is 22.7 Å². The highest BCUT2D eigenvalue weighted by molar-refractivity contribution is 7.11. The first-order chi connectivity index (χ1) is 16.9. The predicted molar refractivity (Wildman–Crippen MR) is 147 cm³/mol. The lowest BCUT2D eigenvalue weighted by molar-refractivity contribution is -0.140. The van der Waals surface area contributed by atoms with Gasteiger partial charge in [0.2, 0.25) is 0 Å². The highest BCUT2D eigenvalue weighted by atomic mass is 32.1. The van der Waals surface area contributed by atoms with Gasteiger partial charge in [0.05, 0.1) is 11.8 Å². The van der Waals surface area contributed by atoms with Crippen LogP contribution in [0.2, 0.25) is 0 Å².